The molecule has 0 fully saturated rings. The van der Waals surface area contributed by atoms with Crippen LogP contribution < -0.4 is 5.32 Å². The lowest BCUT2D eigenvalue weighted by atomic mass is 10.2. The Morgan fingerprint density at radius 2 is 2.28 bits per heavy atom. The van der Waals surface area contributed by atoms with E-state index in [9.17, 15) is 4.39 Å². The van der Waals surface area contributed by atoms with Crippen LogP contribution >= 0.6 is 23.1 Å². The second-order valence-corrected chi connectivity index (χ2v) is 6.23. The van der Waals surface area contributed by atoms with Gasteiger partial charge in [0.05, 0.1) is 4.90 Å². The molecule has 0 saturated heterocycles. The molecule has 1 N–H and O–H groups in total. The molecule has 0 aliphatic rings. The predicted octanol–water partition coefficient (Wildman–Crippen LogP) is 3.33. The standard InChI is InChI=1S/C12H14FN3S2/c1-8(2)14-6-9-3-4-11(10(13)5-9)18-12-16-15-7-17-12/h3-5,7-8,14H,6H2,1-2H3. The number of hydrogen-bond donors (Lipinski definition) is 1. The van der Waals surface area contributed by atoms with Gasteiger partial charge in [-0.3, -0.25) is 0 Å². The van der Waals surface area contributed by atoms with E-state index in [0.717, 1.165) is 9.90 Å². The molecule has 0 amide bonds. The number of nitrogens with one attached hydrogen (secondary N) is 1. The quantitative estimate of drug-likeness (QED) is 0.913. The van der Waals surface area contributed by atoms with E-state index < -0.39 is 0 Å². The second-order valence-electron chi connectivity index (χ2n) is 4.11. The molecule has 2 aromatic rings. The van der Waals surface area contributed by atoms with Crippen LogP contribution in [0.5, 0.6) is 0 Å². The van der Waals surface area contributed by atoms with Gasteiger partial charge in [0.15, 0.2) is 4.34 Å². The minimum Gasteiger partial charge on any atom is -0.310 e. The molecule has 96 valence electrons. The minimum atomic E-state index is -0.210. The van der Waals surface area contributed by atoms with Gasteiger partial charge < -0.3 is 5.32 Å². The topological polar surface area (TPSA) is 37.8 Å². The van der Waals surface area contributed by atoms with Gasteiger partial charge in [-0.05, 0) is 17.7 Å². The first-order valence-corrected chi connectivity index (χ1v) is 7.30. The highest BCUT2D eigenvalue weighted by molar-refractivity contribution is 8.01. The maximum Gasteiger partial charge on any atom is 0.178 e. The molecular weight excluding hydrogens is 269 g/mol. The van der Waals surface area contributed by atoms with Gasteiger partial charge in [0.1, 0.15) is 11.3 Å². The van der Waals surface area contributed by atoms with E-state index in [2.05, 4.69) is 29.4 Å². The van der Waals surface area contributed by atoms with Gasteiger partial charge in [0.25, 0.3) is 0 Å². The van der Waals surface area contributed by atoms with Crippen LogP contribution in [0.25, 0.3) is 0 Å². The first-order chi connectivity index (χ1) is 8.65. The SMILES string of the molecule is CC(C)NCc1ccc(Sc2nncs2)c(F)c1. The molecule has 0 saturated carbocycles. The summed E-state index contributed by atoms with van der Waals surface area (Å²) in [6, 6.07) is 5.68. The van der Waals surface area contributed by atoms with Crippen LogP contribution in [0.15, 0.2) is 32.9 Å². The van der Waals surface area contributed by atoms with Crippen LogP contribution in [0, 0.1) is 5.82 Å². The normalized spacial score (nSPS) is 11.1. The minimum absolute atomic E-state index is 0.210. The molecule has 0 bridgehead atoms. The molecule has 0 atom stereocenters. The number of aromatic nitrogens is 2. The molecule has 3 nitrogen and oxygen atoms in total. The van der Waals surface area contributed by atoms with Crippen molar-refractivity contribution in [3.05, 3.63) is 35.1 Å². The van der Waals surface area contributed by atoms with Gasteiger partial charge in [-0.2, -0.15) is 0 Å². The van der Waals surface area contributed by atoms with Crippen LogP contribution in [0.4, 0.5) is 4.39 Å². The van der Waals surface area contributed by atoms with Gasteiger partial charge in [-0.15, -0.1) is 10.2 Å². The maximum absolute atomic E-state index is 13.9. The third-order valence-corrected chi connectivity index (χ3v) is 4.08. The van der Waals surface area contributed by atoms with Crippen molar-refractivity contribution in [3.8, 4) is 0 Å². The summed E-state index contributed by atoms with van der Waals surface area (Å²) in [7, 11) is 0. The molecule has 1 aromatic heterocycles. The lowest BCUT2D eigenvalue weighted by Crippen LogP contribution is -2.21. The molecule has 18 heavy (non-hydrogen) atoms. The zero-order chi connectivity index (χ0) is 13.0. The highest BCUT2D eigenvalue weighted by atomic mass is 32.2. The molecule has 0 aliphatic carbocycles. The Morgan fingerprint density at radius 3 is 2.89 bits per heavy atom. The summed E-state index contributed by atoms with van der Waals surface area (Å²) < 4.78 is 14.6. The molecule has 0 aliphatic heterocycles. The molecule has 6 heteroatoms. The first kappa shape index (κ1) is 13.5. The van der Waals surface area contributed by atoms with E-state index >= 15 is 0 Å². The number of rotatable bonds is 5. The monoisotopic (exact) mass is 283 g/mol. The van der Waals surface area contributed by atoms with E-state index in [0.29, 0.717) is 17.5 Å². The van der Waals surface area contributed by atoms with Crippen molar-refractivity contribution in [2.45, 2.75) is 35.7 Å². The molecule has 2 rings (SSSR count). The predicted molar refractivity (Wildman–Crippen MR) is 72.4 cm³/mol. The van der Waals surface area contributed by atoms with Crippen LogP contribution in [0.2, 0.25) is 0 Å². The Morgan fingerprint density at radius 1 is 1.44 bits per heavy atom. The van der Waals surface area contributed by atoms with Gasteiger partial charge in [-0.1, -0.05) is 43.0 Å². The first-order valence-electron chi connectivity index (χ1n) is 5.61. The van der Waals surface area contributed by atoms with Gasteiger partial charge in [0.2, 0.25) is 0 Å². The molecule has 1 aromatic carbocycles. The fourth-order valence-corrected chi connectivity index (χ4v) is 2.80. The highest BCUT2D eigenvalue weighted by Gasteiger charge is 2.07. The maximum atomic E-state index is 13.9. The average Bonchev–Trinajstić information content (AvgIpc) is 2.82. The Balaban J connectivity index is 2.05. The smallest absolute Gasteiger partial charge is 0.178 e. The van der Waals surface area contributed by atoms with E-state index in [1.807, 2.05) is 6.07 Å². The number of nitrogens with zero attached hydrogens (tertiary/aromatic N) is 2. The van der Waals surface area contributed by atoms with Crippen LogP contribution in [-0.4, -0.2) is 16.2 Å². The number of hydrogen-bond acceptors (Lipinski definition) is 5. The fourth-order valence-electron chi connectivity index (χ4n) is 1.36. The Labute approximate surface area is 114 Å². The highest BCUT2D eigenvalue weighted by Crippen LogP contribution is 2.30. The third-order valence-electron chi connectivity index (χ3n) is 2.25. The van der Waals surface area contributed by atoms with Crippen LogP contribution in [0.1, 0.15) is 19.4 Å². The van der Waals surface area contributed by atoms with Gasteiger partial charge >= 0.3 is 0 Å². The van der Waals surface area contributed by atoms with Crippen molar-refractivity contribution in [3.63, 3.8) is 0 Å². The van der Waals surface area contributed by atoms with E-state index in [-0.39, 0.29) is 5.82 Å². The summed E-state index contributed by atoms with van der Waals surface area (Å²) in [6.07, 6.45) is 0. The van der Waals surface area contributed by atoms with Crippen molar-refractivity contribution in [1.29, 1.82) is 0 Å². The summed E-state index contributed by atoms with van der Waals surface area (Å²) >= 11 is 2.71. The summed E-state index contributed by atoms with van der Waals surface area (Å²) in [4.78, 5) is 0.583. The van der Waals surface area contributed by atoms with Crippen molar-refractivity contribution in [2.75, 3.05) is 0 Å². The average molecular weight is 283 g/mol. The Hall–Kier alpha value is -0.980. The summed E-state index contributed by atoms with van der Waals surface area (Å²) in [5.41, 5.74) is 2.59. The number of halogens is 1. The van der Waals surface area contributed by atoms with E-state index in [1.54, 1.807) is 17.6 Å². The zero-order valence-corrected chi connectivity index (χ0v) is 11.8. The van der Waals surface area contributed by atoms with Gasteiger partial charge in [-0.25, -0.2) is 4.39 Å². The molecule has 0 radical (unpaired) electrons. The van der Waals surface area contributed by atoms with Crippen LogP contribution in [0.3, 0.4) is 0 Å². The van der Waals surface area contributed by atoms with Crippen LogP contribution in [-0.2, 0) is 6.54 Å². The third kappa shape index (κ3) is 3.76. The fraction of sp³-hybridized carbons (Fsp3) is 0.333. The summed E-state index contributed by atoms with van der Waals surface area (Å²) in [6.45, 7) is 4.81. The van der Waals surface area contributed by atoms with E-state index in [1.165, 1.54) is 23.1 Å². The Kier molecular flexibility index (Phi) is 4.68. The lowest BCUT2D eigenvalue weighted by molar-refractivity contribution is 0.574. The van der Waals surface area contributed by atoms with Crippen molar-refractivity contribution < 1.29 is 4.39 Å². The molecular formula is C12H14FN3S2. The van der Waals surface area contributed by atoms with E-state index in [4.69, 9.17) is 0 Å². The molecule has 1 heterocycles. The van der Waals surface area contributed by atoms with Crippen molar-refractivity contribution in [1.82, 2.24) is 15.5 Å². The summed E-state index contributed by atoms with van der Waals surface area (Å²) in [5.74, 6) is -0.210. The lowest BCUT2D eigenvalue weighted by Gasteiger charge is -2.09. The largest absolute Gasteiger partial charge is 0.310 e. The van der Waals surface area contributed by atoms with Crippen molar-refractivity contribution >= 4 is 23.1 Å². The van der Waals surface area contributed by atoms with Gasteiger partial charge in [0, 0.05) is 12.6 Å². The Bertz CT molecular complexity index is 500. The molecule has 0 unspecified atom stereocenters. The summed E-state index contributed by atoms with van der Waals surface area (Å²) in [5, 5.41) is 10.9. The second kappa shape index (κ2) is 6.26. The van der Waals surface area contributed by atoms with Crippen molar-refractivity contribution in [2.24, 2.45) is 0 Å². The zero-order valence-electron chi connectivity index (χ0n) is 10.2. The molecule has 0 spiro atoms. The number of benzene rings is 1.